The summed E-state index contributed by atoms with van der Waals surface area (Å²) >= 11 is 0. The lowest BCUT2D eigenvalue weighted by Gasteiger charge is -2.35. The lowest BCUT2D eigenvalue weighted by Crippen LogP contribution is -2.41. The third-order valence-electron chi connectivity index (χ3n) is 8.40. The first-order valence-electron chi connectivity index (χ1n) is 15.1. The highest BCUT2D eigenvalue weighted by Gasteiger charge is 2.43. The minimum absolute atomic E-state index is 0.0923. The highest BCUT2D eigenvalue weighted by molar-refractivity contribution is 5.96. The Morgan fingerprint density at radius 1 is 1.09 bits per heavy atom. The summed E-state index contributed by atoms with van der Waals surface area (Å²) in [5.41, 5.74) is 3.61. The molecule has 4 heterocycles. The standard InChI is InChI=1S/C32H32FN9O3/c1-34-18-28-38-40-42(39-28)29(19-5-3-2-4-6-19)20-10-13-41(14-11-20)32(44)26-15-21(9-12-35-26)31-37-25-16-22(7-8-27(25)45-31)36-30(43)23-17-24(23)33/h2-9,12,15-16,20,23-24,29,34H,10-11,13-14,17-18H2,1H3,(H,36,43)/t23-,24+,29-/m1/s1. The van der Waals surface area contributed by atoms with Gasteiger partial charge in [-0.2, -0.15) is 4.80 Å². The Kier molecular flexibility index (Phi) is 7.76. The summed E-state index contributed by atoms with van der Waals surface area (Å²) in [7, 11) is 1.85. The van der Waals surface area contributed by atoms with Crippen molar-refractivity contribution < 1.29 is 18.4 Å². The average Bonchev–Trinajstić information content (AvgIpc) is 3.41. The van der Waals surface area contributed by atoms with Crippen molar-refractivity contribution in [1.29, 1.82) is 0 Å². The van der Waals surface area contributed by atoms with Crippen LogP contribution in [-0.4, -0.2) is 73.2 Å². The van der Waals surface area contributed by atoms with E-state index in [-0.39, 0.29) is 30.2 Å². The number of pyridine rings is 1. The van der Waals surface area contributed by atoms with Gasteiger partial charge >= 0.3 is 0 Å². The molecule has 2 fully saturated rings. The van der Waals surface area contributed by atoms with Crippen LogP contribution in [0.3, 0.4) is 0 Å². The van der Waals surface area contributed by atoms with Crippen LogP contribution in [0.1, 0.15) is 47.2 Å². The molecule has 230 valence electrons. The molecule has 2 N–H and O–H groups in total. The minimum atomic E-state index is -1.07. The normalized spacial score (nSPS) is 19.0. The lowest BCUT2D eigenvalue weighted by molar-refractivity contribution is -0.117. The summed E-state index contributed by atoms with van der Waals surface area (Å²) in [5, 5.41) is 19.0. The van der Waals surface area contributed by atoms with Gasteiger partial charge in [-0.25, -0.2) is 9.37 Å². The number of nitrogens with zero attached hydrogens (tertiary/aromatic N) is 7. The first kappa shape index (κ1) is 28.7. The molecule has 2 aliphatic rings. The van der Waals surface area contributed by atoms with Crippen molar-refractivity contribution >= 4 is 28.6 Å². The van der Waals surface area contributed by atoms with Crippen LogP contribution >= 0.6 is 0 Å². The van der Waals surface area contributed by atoms with Crippen molar-refractivity contribution in [3.05, 3.63) is 83.9 Å². The Labute approximate surface area is 258 Å². The number of tetrazole rings is 1. The van der Waals surface area contributed by atoms with Gasteiger partial charge in [0.05, 0.1) is 12.5 Å². The highest BCUT2D eigenvalue weighted by Crippen LogP contribution is 2.36. The van der Waals surface area contributed by atoms with Crippen LogP contribution in [0.5, 0.6) is 0 Å². The molecule has 7 rings (SSSR count). The van der Waals surface area contributed by atoms with Crippen molar-refractivity contribution in [2.45, 2.75) is 38.0 Å². The van der Waals surface area contributed by atoms with E-state index in [9.17, 15) is 14.0 Å². The molecule has 1 aliphatic heterocycles. The molecule has 0 unspecified atom stereocenters. The predicted molar refractivity (Wildman–Crippen MR) is 163 cm³/mol. The smallest absolute Gasteiger partial charge is 0.272 e. The van der Waals surface area contributed by atoms with Gasteiger partial charge in [0, 0.05) is 30.5 Å². The second-order valence-electron chi connectivity index (χ2n) is 11.5. The first-order valence-corrected chi connectivity index (χ1v) is 15.1. The van der Waals surface area contributed by atoms with Crippen molar-refractivity contribution in [2.75, 3.05) is 25.5 Å². The number of hydrogen-bond acceptors (Lipinski definition) is 9. The molecule has 3 atom stereocenters. The quantitative estimate of drug-likeness (QED) is 0.253. The van der Waals surface area contributed by atoms with Gasteiger partial charge < -0.3 is 20.0 Å². The molecule has 13 heteroatoms. The van der Waals surface area contributed by atoms with E-state index in [1.54, 1.807) is 41.3 Å². The van der Waals surface area contributed by atoms with Gasteiger partial charge in [-0.3, -0.25) is 14.6 Å². The zero-order valence-electron chi connectivity index (χ0n) is 24.6. The Bertz CT molecular complexity index is 1830. The Morgan fingerprint density at radius 2 is 1.89 bits per heavy atom. The maximum atomic E-state index is 13.6. The number of alkyl halides is 1. The van der Waals surface area contributed by atoms with Gasteiger partial charge in [-0.05, 0) is 73.3 Å². The Hall–Kier alpha value is -5.04. The summed E-state index contributed by atoms with van der Waals surface area (Å²) < 4.78 is 19.2. The van der Waals surface area contributed by atoms with Gasteiger partial charge in [0.2, 0.25) is 11.8 Å². The fourth-order valence-electron chi connectivity index (χ4n) is 5.91. The average molecular weight is 610 g/mol. The molecule has 0 spiro atoms. The van der Waals surface area contributed by atoms with Crippen LogP contribution in [0, 0.1) is 11.8 Å². The van der Waals surface area contributed by atoms with E-state index in [4.69, 9.17) is 4.42 Å². The molecular formula is C32H32FN9O3. The molecule has 1 saturated heterocycles. The van der Waals surface area contributed by atoms with Crippen LogP contribution in [0.25, 0.3) is 22.6 Å². The lowest BCUT2D eigenvalue weighted by atomic mass is 9.85. The molecule has 2 amide bonds. The SMILES string of the molecule is CNCc1nnn([C@H](c2ccccc2)C2CCN(C(=O)c3cc(-c4nc5cc(NC(=O)[C@@H]6C[C@@H]6F)ccc5o4)ccn3)CC2)n1. The van der Waals surface area contributed by atoms with Crippen LogP contribution in [0.2, 0.25) is 0 Å². The number of fused-ring (bicyclic) bond motifs is 1. The second-order valence-corrected chi connectivity index (χ2v) is 11.5. The van der Waals surface area contributed by atoms with Gasteiger partial charge in [0.25, 0.3) is 5.91 Å². The van der Waals surface area contributed by atoms with E-state index in [0.29, 0.717) is 59.4 Å². The van der Waals surface area contributed by atoms with Crippen LogP contribution in [0.15, 0.2) is 71.3 Å². The van der Waals surface area contributed by atoms with E-state index in [1.165, 1.54) is 0 Å². The molecule has 1 saturated carbocycles. The molecule has 3 aromatic heterocycles. The summed E-state index contributed by atoms with van der Waals surface area (Å²) in [5.74, 6) is 0.0979. The van der Waals surface area contributed by atoms with Gasteiger partial charge in [0.15, 0.2) is 11.4 Å². The number of nitrogens with one attached hydrogen (secondary N) is 2. The van der Waals surface area contributed by atoms with E-state index in [0.717, 1.165) is 18.4 Å². The minimum Gasteiger partial charge on any atom is -0.436 e. The van der Waals surface area contributed by atoms with Crippen molar-refractivity contribution in [2.24, 2.45) is 11.8 Å². The zero-order chi connectivity index (χ0) is 30.9. The number of benzene rings is 2. The second kappa shape index (κ2) is 12.2. The third-order valence-corrected chi connectivity index (χ3v) is 8.40. The topological polar surface area (TPSA) is 144 Å². The molecule has 2 aromatic carbocycles. The molecule has 0 bridgehead atoms. The third kappa shape index (κ3) is 6.03. The number of carbonyl (C=O) groups is 2. The summed E-state index contributed by atoms with van der Waals surface area (Å²) in [6.07, 6.45) is 2.30. The van der Waals surface area contributed by atoms with Crippen molar-refractivity contribution in [3.63, 3.8) is 0 Å². The van der Waals surface area contributed by atoms with Crippen LogP contribution < -0.4 is 10.6 Å². The number of aromatic nitrogens is 6. The molecule has 1 aliphatic carbocycles. The number of anilines is 1. The number of carbonyl (C=O) groups excluding carboxylic acids is 2. The fraction of sp³-hybridized carbons (Fsp3) is 0.344. The Morgan fingerprint density at radius 3 is 2.64 bits per heavy atom. The number of halogens is 1. The van der Waals surface area contributed by atoms with Gasteiger partial charge in [0.1, 0.15) is 23.4 Å². The zero-order valence-corrected chi connectivity index (χ0v) is 24.6. The van der Waals surface area contributed by atoms with Crippen LogP contribution in [-0.2, 0) is 11.3 Å². The molecular weight excluding hydrogens is 577 g/mol. The fourth-order valence-corrected chi connectivity index (χ4v) is 5.91. The maximum absolute atomic E-state index is 13.6. The van der Waals surface area contributed by atoms with E-state index in [1.807, 2.05) is 30.1 Å². The molecule has 45 heavy (non-hydrogen) atoms. The maximum Gasteiger partial charge on any atom is 0.272 e. The van der Waals surface area contributed by atoms with Crippen molar-refractivity contribution in [3.8, 4) is 11.5 Å². The summed E-state index contributed by atoms with van der Waals surface area (Å²) in [4.78, 5) is 38.2. The van der Waals surface area contributed by atoms with E-state index in [2.05, 4.69) is 48.1 Å². The summed E-state index contributed by atoms with van der Waals surface area (Å²) in [6.45, 7) is 1.67. The predicted octanol–water partition coefficient (Wildman–Crippen LogP) is 4.03. The number of rotatable bonds is 9. The number of amides is 2. The number of hydrogen-bond donors (Lipinski definition) is 2. The van der Waals surface area contributed by atoms with E-state index >= 15 is 0 Å². The monoisotopic (exact) mass is 609 g/mol. The molecule has 12 nitrogen and oxygen atoms in total. The summed E-state index contributed by atoms with van der Waals surface area (Å²) in [6, 6.07) is 18.6. The first-order chi connectivity index (χ1) is 22.0. The highest BCUT2D eigenvalue weighted by atomic mass is 19.1. The largest absolute Gasteiger partial charge is 0.436 e. The number of likely N-dealkylation sites (tertiary alicyclic amines) is 1. The number of piperidine rings is 1. The Balaban J connectivity index is 1.04. The van der Waals surface area contributed by atoms with Crippen molar-refractivity contribution in [1.82, 2.24) is 40.4 Å². The van der Waals surface area contributed by atoms with E-state index < -0.39 is 12.1 Å². The van der Waals surface area contributed by atoms with Crippen LogP contribution in [0.4, 0.5) is 10.1 Å². The van der Waals surface area contributed by atoms with Gasteiger partial charge in [-0.15, -0.1) is 10.2 Å². The van der Waals surface area contributed by atoms with Gasteiger partial charge in [-0.1, -0.05) is 30.3 Å². The number of oxazole rings is 1. The molecule has 5 aromatic rings. The molecule has 0 radical (unpaired) electrons.